The van der Waals surface area contributed by atoms with E-state index in [0.29, 0.717) is 36.1 Å². The Labute approximate surface area is 178 Å². The molecule has 0 radical (unpaired) electrons. The molecule has 3 nitrogen and oxygen atoms in total. The minimum Gasteiger partial charge on any atom is -0.487 e. The quantitative estimate of drug-likeness (QED) is 0.633. The van der Waals surface area contributed by atoms with E-state index in [1.165, 1.54) is 35.6 Å². The maximum atomic E-state index is 13.8. The van der Waals surface area contributed by atoms with Gasteiger partial charge in [0, 0.05) is 37.6 Å². The van der Waals surface area contributed by atoms with Gasteiger partial charge in [-0.05, 0) is 47.8 Å². The van der Waals surface area contributed by atoms with Crippen LogP contribution in [0.2, 0.25) is 0 Å². The number of piperidine rings is 1. The molecule has 0 spiro atoms. The molecule has 7 heteroatoms. The van der Waals surface area contributed by atoms with Crippen LogP contribution in [0.1, 0.15) is 39.8 Å². The third kappa shape index (κ3) is 5.07. The molecule has 2 fully saturated rings. The first kappa shape index (κ1) is 20.5. The highest BCUT2D eigenvalue weighted by atomic mass is 32.2. The maximum absolute atomic E-state index is 13.8. The predicted octanol–water partition coefficient (Wildman–Crippen LogP) is 5.52. The minimum absolute atomic E-state index is 0.0203. The average molecular weight is 436 g/mol. The predicted molar refractivity (Wildman–Crippen MR) is 115 cm³/mol. The fourth-order valence-electron chi connectivity index (χ4n) is 3.57. The van der Waals surface area contributed by atoms with E-state index < -0.39 is 11.6 Å². The second kappa shape index (κ2) is 9.39. The Bertz CT molecular complexity index is 848. The molecule has 4 rings (SSSR count). The average Bonchev–Trinajstić information content (AvgIpc) is 2.76. The monoisotopic (exact) mass is 435 g/mol. The SMILES string of the molecule is O=C(c1ccc(C2SCCCS2)cc1)N1CCC(Oc2ccc(F)cc2F)CC1. The van der Waals surface area contributed by atoms with Crippen molar-refractivity contribution in [3.05, 3.63) is 65.2 Å². The van der Waals surface area contributed by atoms with E-state index in [2.05, 4.69) is 12.1 Å². The molecule has 0 bridgehead atoms. The zero-order chi connectivity index (χ0) is 20.2. The molecular formula is C22H23F2NO2S2. The number of carbonyl (C=O) groups excluding carboxylic acids is 1. The number of nitrogens with zero attached hydrogens (tertiary/aromatic N) is 1. The van der Waals surface area contributed by atoms with Gasteiger partial charge in [-0.2, -0.15) is 0 Å². The molecule has 0 aromatic heterocycles. The summed E-state index contributed by atoms with van der Waals surface area (Å²) in [5.74, 6) is 1.14. The number of carbonyl (C=O) groups is 1. The highest BCUT2D eigenvalue weighted by Gasteiger charge is 2.26. The van der Waals surface area contributed by atoms with Crippen LogP contribution in [-0.2, 0) is 0 Å². The van der Waals surface area contributed by atoms with Crippen LogP contribution in [-0.4, -0.2) is 41.5 Å². The number of benzene rings is 2. The van der Waals surface area contributed by atoms with Crippen molar-refractivity contribution >= 4 is 29.4 Å². The first-order valence-electron chi connectivity index (χ1n) is 9.84. The van der Waals surface area contributed by atoms with Gasteiger partial charge in [-0.1, -0.05) is 12.1 Å². The summed E-state index contributed by atoms with van der Waals surface area (Å²) in [7, 11) is 0. The first-order chi connectivity index (χ1) is 14.1. The molecule has 29 heavy (non-hydrogen) atoms. The van der Waals surface area contributed by atoms with E-state index >= 15 is 0 Å². The second-order valence-corrected chi connectivity index (χ2v) is 9.96. The number of rotatable bonds is 4. The van der Waals surface area contributed by atoms with E-state index in [1.807, 2.05) is 40.6 Å². The Morgan fingerprint density at radius 2 is 1.69 bits per heavy atom. The lowest BCUT2D eigenvalue weighted by molar-refractivity contribution is 0.0588. The van der Waals surface area contributed by atoms with E-state index in [1.54, 1.807) is 0 Å². The topological polar surface area (TPSA) is 29.5 Å². The summed E-state index contributed by atoms with van der Waals surface area (Å²) < 4.78 is 32.9. The van der Waals surface area contributed by atoms with Gasteiger partial charge in [0.1, 0.15) is 11.9 Å². The Kier molecular flexibility index (Phi) is 6.65. The summed E-state index contributed by atoms with van der Waals surface area (Å²) in [6.45, 7) is 1.12. The summed E-state index contributed by atoms with van der Waals surface area (Å²) in [6.07, 6.45) is 2.32. The molecule has 1 amide bonds. The maximum Gasteiger partial charge on any atom is 0.253 e. The summed E-state index contributed by atoms with van der Waals surface area (Å²) in [4.78, 5) is 14.6. The highest BCUT2D eigenvalue weighted by Crippen LogP contribution is 2.43. The van der Waals surface area contributed by atoms with Crippen LogP contribution in [0.15, 0.2) is 42.5 Å². The van der Waals surface area contributed by atoms with Gasteiger partial charge in [0.15, 0.2) is 11.6 Å². The van der Waals surface area contributed by atoms with E-state index in [0.717, 1.165) is 6.07 Å². The van der Waals surface area contributed by atoms with E-state index in [-0.39, 0.29) is 17.8 Å². The molecule has 2 aromatic carbocycles. The van der Waals surface area contributed by atoms with Crippen LogP contribution < -0.4 is 4.74 Å². The number of hydrogen-bond donors (Lipinski definition) is 0. The van der Waals surface area contributed by atoms with E-state index in [4.69, 9.17) is 4.74 Å². The smallest absolute Gasteiger partial charge is 0.253 e. The van der Waals surface area contributed by atoms with Crippen molar-refractivity contribution in [2.75, 3.05) is 24.6 Å². The van der Waals surface area contributed by atoms with Crippen LogP contribution in [0.25, 0.3) is 0 Å². The van der Waals surface area contributed by atoms with Crippen LogP contribution in [0.5, 0.6) is 5.75 Å². The van der Waals surface area contributed by atoms with Crippen molar-refractivity contribution in [3.63, 3.8) is 0 Å². The van der Waals surface area contributed by atoms with Gasteiger partial charge in [0.2, 0.25) is 0 Å². The Morgan fingerprint density at radius 3 is 2.34 bits per heavy atom. The van der Waals surface area contributed by atoms with Gasteiger partial charge in [-0.25, -0.2) is 8.78 Å². The van der Waals surface area contributed by atoms with Crippen molar-refractivity contribution in [3.8, 4) is 5.75 Å². The summed E-state index contributed by atoms with van der Waals surface area (Å²) in [5.41, 5.74) is 1.97. The van der Waals surface area contributed by atoms with Crippen molar-refractivity contribution in [1.82, 2.24) is 4.90 Å². The molecule has 0 aliphatic carbocycles. The third-order valence-electron chi connectivity index (χ3n) is 5.17. The zero-order valence-corrected chi connectivity index (χ0v) is 17.6. The van der Waals surface area contributed by atoms with Gasteiger partial charge in [-0.15, -0.1) is 23.5 Å². The van der Waals surface area contributed by atoms with Gasteiger partial charge in [-0.3, -0.25) is 4.79 Å². The number of hydrogen-bond acceptors (Lipinski definition) is 4. The fourth-order valence-corrected chi connectivity index (χ4v) is 6.47. The van der Waals surface area contributed by atoms with Crippen molar-refractivity contribution in [2.24, 2.45) is 0 Å². The number of halogens is 2. The Morgan fingerprint density at radius 1 is 1.00 bits per heavy atom. The number of amides is 1. The molecule has 0 atom stereocenters. The normalized spacial score (nSPS) is 18.6. The van der Waals surface area contributed by atoms with E-state index in [9.17, 15) is 13.6 Å². The highest BCUT2D eigenvalue weighted by molar-refractivity contribution is 8.16. The van der Waals surface area contributed by atoms with Crippen LogP contribution in [0.4, 0.5) is 8.78 Å². The molecule has 0 unspecified atom stereocenters. The number of thioether (sulfide) groups is 2. The minimum atomic E-state index is -0.696. The van der Waals surface area contributed by atoms with Crippen LogP contribution >= 0.6 is 23.5 Å². The van der Waals surface area contributed by atoms with Crippen LogP contribution in [0.3, 0.4) is 0 Å². The summed E-state index contributed by atoms with van der Waals surface area (Å²) >= 11 is 3.93. The number of ether oxygens (including phenoxy) is 1. The Balaban J connectivity index is 1.31. The lowest BCUT2D eigenvalue weighted by atomic mass is 10.1. The van der Waals surface area contributed by atoms with Crippen molar-refractivity contribution in [1.29, 1.82) is 0 Å². The fraction of sp³-hybridized carbons (Fsp3) is 0.409. The molecule has 2 aliphatic rings. The Hall–Kier alpha value is -1.73. The molecule has 154 valence electrons. The van der Waals surface area contributed by atoms with Gasteiger partial charge < -0.3 is 9.64 Å². The third-order valence-corrected chi connectivity index (χ3v) is 8.19. The lowest BCUT2D eigenvalue weighted by Gasteiger charge is -2.32. The number of likely N-dealkylation sites (tertiary alicyclic amines) is 1. The van der Waals surface area contributed by atoms with Gasteiger partial charge >= 0.3 is 0 Å². The summed E-state index contributed by atoms with van der Waals surface area (Å²) in [5, 5.41) is 0. The van der Waals surface area contributed by atoms with Gasteiger partial charge in [0.25, 0.3) is 5.91 Å². The standard InChI is InChI=1S/C22H23F2NO2S2/c23-17-6-7-20(19(24)14-17)27-18-8-10-25(11-9-18)21(26)15-2-4-16(5-3-15)22-28-12-1-13-29-22/h2-7,14,18,22H,1,8-13H2. The van der Waals surface area contributed by atoms with Gasteiger partial charge in [0.05, 0.1) is 4.58 Å². The molecule has 0 saturated carbocycles. The van der Waals surface area contributed by atoms with Crippen molar-refractivity contribution in [2.45, 2.75) is 29.9 Å². The first-order valence-corrected chi connectivity index (χ1v) is 11.9. The largest absolute Gasteiger partial charge is 0.487 e. The second-order valence-electron chi connectivity index (χ2n) is 7.23. The molecule has 2 saturated heterocycles. The van der Waals surface area contributed by atoms with Crippen LogP contribution in [0, 0.1) is 11.6 Å². The molecule has 2 heterocycles. The molecular weight excluding hydrogens is 412 g/mol. The lowest BCUT2D eigenvalue weighted by Crippen LogP contribution is -2.41. The molecule has 2 aromatic rings. The molecule has 2 aliphatic heterocycles. The van der Waals surface area contributed by atoms with Crippen molar-refractivity contribution < 1.29 is 18.3 Å². The zero-order valence-electron chi connectivity index (χ0n) is 16.0. The molecule has 0 N–H and O–H groups in total. The summed E-state index contributed by atoms with van der Waals surface area (Å²) in [6, 6.07) is 11.3.